The summed E-state index contributed by atoms with van der Waals surface area (Å²) in [4.78, 5) is 23.5. The van der Waals surface area contributed by atoms with Crippen molar-refractivity contribution >= 4 is 28.0 Å². The lowest BCUT2D eigenvalue weighted by Crippen LogP contribution is -2.30. The summed E-state index contributed by atoms with van der Waals surface area (Å²) in [7, 11) is 1.49. The number of carbonyl (C=O) groups is 2. The Labute approximate surface area is 171 Å². The Morgan fingerprint density at radius 1 is 1.21 bits per heavy atom. The SMILES string of the molecule is CCOc1c(Br)cc([C@H](CC(=O)O)NC(=O)OCc2ccccc2)cc1OC. The molecule has 1 amide bonds. The molecule has 7 nitrogen and oxygen atoms in total. The Bertz CT molecular complexity index is 812. The van der Waals surface area contributed by atoms with Gasteiger partial charge in [-0.15, -0.1) is 0 Å². The van der Waals surface area contributed by atoms with Gasteiger partial charge in [0, 0.05) is 0 Å². The number of nitrogens with one attached hydrogen (secondary N) is 1. The molecule has 150 valence electrons. The summed E-state index contributed by atoms with van der Waals surface area (Å²) in [5.74, 6) is -0.118. The Balaban J connectivity index is 2.17. The van der Waals surface area contributed by atoms with Gasteiger partial charge in [-0.3, -0.25) is 4.79 Å². The van der Waals surface area contributed by atoms with Crippen molar-refractivity contribution in [2.24, 2.45) is 0 Å². The zero-order valence-corrected chi connectivity index (χ0v) is 17.2. The molecular formula is C20H22BrNO6. The van der Waals surface area contributed by atoms with E-state index in [4.69, 9.17) is 14.2 Å². The molecule has 0 aliphatic heterocycles. The second-order valence-electron chi connectivity index (χ2n) is 5.82. The molecule has 0 bridgehead atoms. The summed E-state index contributed by atoms with van der Waals surface area (Å²) in [5.41, 5.74) is 1.38. The molecule has 0 unspecified atom stereocenters. The Morgan fingerprint density at radius 3 is 2.54 bits per heavy atom. The first kappa shape index (κ1) is 21.6. The van der Waals surface area contributed by atoms with Gasteiger partial charge in [0.05, 0.1) is 30.7 Å². The number of methoxy groups -OCH3 is 1. The van der Waals surface area contributed by atoms with E-state index in [0.29, 0.717) is 28.1 Å². The van der Waals surface area contributed by atoms with Crippen LogP contribution in [0.3, 0.4) is 0 Å². The van der Waals surface area contributed by atoms with Crippen molar-refractivity contribution in [3.8, 4) is 11.5 Å². The quantitative estimate of drug-likeness (QED) is 0.590. The monoisotopic (exact) mass is 451 g/mol. The van der Waals surface area contributed by atoms with Crippen molar-refractivity contribution in [1.82, 2.24) is 5.32 Å². The van der Waals surface area contributed by atoms with E-state index in [9.17, 15) is 14.7 Å². The lowest BCUT2D eigenvalue weighted by molar-refractivity contribution is -0.137. The number of amides is 1. The van der Waals surface area contributed by atoms with Crippen molar-refractivity contribution in [2.75, 3.05) is 13.7 Å². The molecule has 0 fully saturated rings. The second-order valence-corrected chi connectivity index (χ2v) is 6.68. The predicted octanol–water partition coefficient (Wildman–Crippen LogP) is 4.30. The molecule has 8 heteroatoms. The van der Waals surface area contributed by atoms with Crippen LogP contribution in [0.2, 0.25) is 0 Å². The number of hydrogen-bond donors (Lipinski definition) is 2. The maximum atomic E-state index is 12.2. The van der Waals surface area contributed by atoms with E-state index in [0.717, 1.165) is 5.56 Å². The number of halogens is 1. The fourth-order valence-corrected chi connectivity index (χ4v) is 3.13. The lowest BCUT2D eigenvalue weighted by Gasteiger charge is -2.20. The minimum atomic E-state index is -1.06. The third-order valence-electron chi connectivity index (χ3n) is 3.83. The van der Waals surface area contributed by atoms with E-state index < -0.39 is 18.1 Å². The molecule has 2 aromatic rings. The molecule has 1 atom stereocenters. The van der Waals surface area contributed by atoms with Crippen LogP contribution in [0.15, 0.2) is 46.9 Å². The van der Waals surface area contributed by atoms with E-state index in [2.05, 4.69) is 21.2 Å². The van der Waals surface area contributed by atoms with E-state index >= 15 is 0 Å². The van der Waals surface area contributed by atoms with Crippen LogP contribution in [0.5, 0.6) is 11.5 Å². The summed E-state index contributed by atoms with van der Waals surface area (Å²) in [5, 5.41) is 11.8. The highest BCUT2D eigenvalue weighted by molar-refractivity contribution is 9.10. The summed E-state index contributed by atoms with van der Waals surface area (Å²) in [6, 6.07) is 11.7. The average molecular weight is 452 g/mol. The van der Waals surface area contributed by atoms with Gasteiger partial charge in [0.25, 0.3) is 0 Å². The van der Waals surface area contributed by atoms with Crippen molar-refractivity contribution in [2.45, 2.75) is 26.0 Å². The fraction of sp³-hybridized carbons (Fsp3) is 0.300. The first-order valence-corrected chi connectivity index (χ1v) is 9.43. The van der Waals surface area contributed by atoms with E-state index in [-0.39, 0.29) is 13.0 Å². The van der Waals surface area contributed by atoms with Gasteiger partial charge in [0.15, 0.2) is 11.5 Å². The molecule has 0 saturated carbocycles. The zero-order valence-electron chi connectivity index (χ0n) is 15.6. The number of alkyl carbamates (subject to hydrolysis) is 1. The number of carboxylic acid groups (broad SMARTS) is 1. The first-order chi connectivity index (χ1) is 13.4. The third kappa shape index (κ3) is 6.16. The number of hydrogen-bond acceptors (Lipinski definition) is 5. The fourth-order valence-electron chi connectivity index (χ4n) is 2.56. The van der Waals surface area contributed by atoms with Gasteiger partial charge < -0.3 is 24.6 Å². The van der Waals surface area contributed by atoms with Gasteiger partial charge in [0.2, 0.25) is 0 Å². The summed E-state index contributed by atoms with van der Waals surface area (Å²) >= 11 is 3.41. The third-order valence-corrected chi connectivity index (χ3v) is 4.42. The van der Waals surface area contributed by atoms with Crippen LogP contribution in [-0.2, 0) is 16.1 Å². The van der Waals surface area contributed by atoms with Gasteiger partial charge >= 0.3 is 12.1 Å². The Kier molecular flexibility index (Phi) is 8.13. The maximum Gasteiger partial charge on any atom is 0.407 e. The number of rotatable bonds is 9. The molecule has 0 aromatic heterocycles. The smallest absolute Gasteiger partial charge is 0.407 e. The topological polar surface area (TPSA) is 94.1 Å². The predicted molar refractivity (Wildman–Crippen MR) is 107 cm³/mol. The number of carboxylic acids is 1. The molecule has 0 heterocycles. The average Bonchev–Trinajstić information content (AvgIpc) is 2.67. The van der Waals surface area contributed by atoms with Crippen LogP contribution in [0.1, 0.15) is 30.5 Å². The molecule has 0 aliphatic rings. The number of carbonyl (C=O) groups excluding carboxylic acids is 1. The van der Waals surface area contributed by atoms with Crippen LogP contribution in [-0.4, -0.2) is 30.9 Å². The van der Waals surface area contributed by atoms with E-state index in [1.54, 1.807) is 12.1 Å². The van der Waals surface area contributed by atoms with E-state index in [1.165, 1.54) is 7.11 Å². The highest BCUT2D eigenvalue weighted by Crippen LogP contribution is 2.38. The van der Waals surface area contributed by atoms with Crippen LogP contribution in [0.25, 0.3) is 0 Å². The van der Waals surface area contributed by atoms with Crippen LogP contribution in [0, 0.1) is 0 Å². The minimum Gasteiger partial charge on any atom is -0.493 e. The van der Waals surface area contributed by atoms with Crippen molar-refractivity contribution in [3.63, 3.8) is 0 Å². The molecule has 0 saturated heterocycles. The molecule has 2 N–H and O–H groups in total. The lowest BCUT2D eigenvalue weighted by atomic mass is 10.0. The van der Waals surface area contributed by atoms with Gasteiger partial charge in [0.1, 0.15) is 6.61 Å². The standard InChI is InChI=1S/C20H22BrNO6/c1-3-27-19-15(21)9-14(10-17(19)26-2)16(11-18(23)24)22-20(25)28-12-13-7-5-4-6-8-13/h4-10,16H,3,11-12H2,1-2H3,(H,22,25)(H,23,24)/t16-/m0/s1. The molecule has 0 spiro atoms. The summed E-state index contributed by atoms with van der Waals surface area (Å²) < 4.78 is 16.7. The van der Waals surface area contributed by atoms with Crippen LogP contribution >= 0.6 is 15.9 Å². The molecule has 2 aromatic carbocycles. The van der Waals surface area contributed by atoms with Crippen LogP contribution in [0.4, 0.5) is 4.79 Å². The van der Waals surface area contributed by atoms with Gasteiger partial charge in [-0.1, -0.05) is 30.3 Å². The van der Waals surface area contributed by atoms with Crippen LogP contribution < -0.4 is 14.8 Å². The van der Waals surface area contributed by atoms with Gasteiger partial charge in [-0.2, -0.15) is 0 Å². The molecule has 2 rings (SSSR count). The molecule has 28 heavy (non-hydrogen) atoms. The second kappa shape index (κ2) is 10.6. The largest absolute Gasteiger partial charge is 0.493 e. The molecule has 0 aliphatic carbocycles. The molecular weight excluding hydrogens is 430 g/mol. The Hall–Kier alpha value is -2.74. The maximum absolute atomic E-state index is 12.2. The van der Waals surface area contributed by atoms with Crippen molar-refractivity contribution in [1.29, 1.82) is 0 Å². The van der Waals surface area contributed by atoms with Crippen molar-refractivity contribution < 1.29 is 28.9 Å². The Morgan fingerprint density at radius 2 is 1.93 bits per heavy atom. The summed E-state index contributed by atoms with van der Waals surface area (Å²) in [6.45, 7) is 2.37. The van der Waals surface area contributed by atoms with Crippen molar-refractivity contribution in [3.05, 3.63) is 58.1 Å². The van der Waals surface area contributed by atoms with Gasteiger partial charge in [-0.25, -0.2) is 4.79 Å². The highest BCUT2D eigenvalue weighted by atomic mass is 79.9. The minimum absolute atomic E-state index is 0.0861. The van der Waals surface area contributed by atoms with E-state index in [1.807, 2.05) is 37.3 Å². The first-order valence-electron chi connectivity index (χ1n) is 8.63. The number of ether oxygens (including phenoxy) is 3. The summed E-state index contributed by atoms with van der Waals surface area (Å²) in [6.07, 6.45) is -1.02. The molecule has 0 radical (unpaired) electrons. The highest BCUT2D eigenvalue weighted by Gasteiger charge is 2.22. The number of aliphatic carboxylic acids is 1. The van der Waals surface area contributed by atoms with Gasteiger partial charge in [-0.05, 0) is 46.1 Å². The zero-order chi connectivity index (χ0) is 20.5. The number of benzene rings is 2. The normalized spacial score (nSPS) is 11.4.